The Labute approximate surface area is 230 Å². The van der Waals surface area contributed by atoms with Gasteiger partial charge in [-0.2, -0.15) is 4.72 Å². The van der Waals surface area contributed by atoms with Crippen molar-refractivity contribution in [3.8, 4) is 0 Å². The van der Waals surface area contributed by atoms with Crippen LogP contribution in [-0.2, 0) is 24.3 Å². The summed E-state index contributed by atoms with van der Waals surface area (Å²) in [5, 5.41) is 9.26. The molecule has 13 heteroatoms. The van der Waals surface area contributed by atoms with E-state index in [-0.39, 0.29) is 29.6 Å². The molecule has 2 amide bonds. The number of ether oxygens (including phenoxy) is 1. The number of nitrogens with zero attached hydrogens (tertiary/aromatic N) is 3. The van der Waals surface area contributed by atoms with Gasteiger partial charge in [-0.15, -0.1) is 0 Å². The van der Waals surface area contributed by atoms with Gasteiger partial charge in [-0.1, -0.05) is 42.5 Å². The minimum atomic E-state index is -4.26. The number of fused-ring (bicyclic) bond motifs is 2. The summed E-state index contributed by atoms with van der Waals surface area (Å²) in [4.78, 5) is 43.1. The van der Waals surface area contributed by atoms with Crippen molar-refractivity contribution in [2.75, 3.05) is 38.2 Å². The number of Topliss-reactive ketones (excluding diaryl/α,β-unsaturated/α-hetero) is 1. The van der Waals surface area contributed by atoms with E-state index in [1.165, 1.54) is 35.0 Å². The lowest BCUT2D eigenvalue weighted by molar-refractivity contribution is -0.150. The van der Waals surface area contributed by atoms with Crippen LogP contribution in [0.3, 0.4) is 0 Å². The molecule has 0 spiro atoms. The fourth-order valence-corrected chi connectivity index (χ4v) is 6.06. The average Bonchev–Trinajstić information content (AvgIpc) is 3.20. The second kappa shape index (κ2) is 10.7. The summed E-state index contributed by atoms with van der Waals surface area (Å²) in [7, 11) is -2.82. The summed E-state index contributed by atoms with van der Waals surface area (Å²) in [6.45, 7) is 0.237. The van der Waals surface area contributed by atoms with Gasteiger partial charge in [0.15, 0.2) is 5.96 Å². The Morgan fingerprint density at radius 3 is 2.58 bits per heavy atom. The number of ketones is 1. The third-order valence-electron chi connectivity index (χ3n) is 7.04. The number of nitrogens with one attached hydrogen (secondary N) is 2. The van der Waals surface area contributed by atoms with Gasteiger partial charge < -0.3 is 25.2 Å². The summed E-state index contributed by atoms with van der Waals surface area (Å²) < 4.78 is 35.3. The van der Waals surface area contributed by atoms with Crippen LogP contribution in [-0.4, -0.2) is 87.3 Å². The number of hydrogen-bond donors (Lipinski definition) is 3. The number of rotatable bonds is 7. The van der Waals surface area contributed by atoms with E-state index in [9.17, 15) is 22.8 Å². The second-order valence-electron chi connectivity index (χ2n) is 9.55. The highest BCUT2D eigenvalue weighted by Gasteiger charge is 2.41. The number of guanidine groups is 1. The molecule has 2 aliphatic rings. The number of morpholine rings is 1. The van der Waals surface area contributed by atoms with E-state index in [0.717, 1.165) is 10.3 Å². The first-order valence-electron chi connectivity index (χ1n) is 12.5. The molecule has 0 saturated carbocycles. The molecule has 2 aliphatic heterocycles. The smallest absolute Gasteiger partial charge is 0.299 e. The summed E-state index contributed by atoms with van der Waals surface area (Å²) >= 11 is 0. The molecule has 5 rings (SSSR count). The van der Waals surface area contributed by atoms with Crippen LogP contribution in [0.2, 0.25) is 0 Å². The highest BCUT2D eigenvalue weighted by molar-refractivity contribution is 7.89. The molecule has 2 unspecified atom stereocenters. The van der Waals surface area contributed by atoms with Gasteiger partial charge in [-0.3, -0.25) is 19.8 Å². The van der Waals surface area contributed by atoms with Gasteiger partial charge in [0.2, 0.25) is 15.9 Å². The molecule has 0 aliphatic carbocycles. The van der Waals surface area contributed by atoms with Crippen LogP contribution in [0.15, 0.2) is 71.6 Å². The molecule has 12 nitrogen and oxygen atoms in total. The normalized spacial score (nSPS) is 18.1. The third-order valence-corrected chi connectivity index (χ3v) is 8.51. The lowest BCUT2D eigenvalue weighted by atomic mass is 10.1. The molecule has 3 aromatic carbocycles. The average molecular weight is 565 g/mol. The Hall–Kier alpha value is -4.33. The highest BCUT2D eigenvalue weighted by atomic mass is 32.2. The van der Waals surface area contributed by atoms with Crippen LogP contribution in [0.25, 0.3) is 10.8 Å². The van der Waals surface area contributed by atoms with E-state index in [4.69, 9.17) is 15.9 Å². The van der Waals surface area contributed by atoms with Crippen LogP contribution in [0.1, 0.15) is 10.4 Å². The standard InChI is InChI=1S/C27H28N6O6S/c1-31(23-16-32(27(28)29)12-13-39-23)25(35)21(15-33-22-9-5-4-8-20(22)24(34)26(33)36)30-40(37,38)19-11-10-17-6-2-3-7-18(17)14-19/h2-11,14,21,23,30H,12-13,15-16H2,1H3,(H3,28,29). The molecule has 0 bridgehead atoms. The predicted molar refractivity (Wildman–Crippen MR) is 147 cm³/mol. The summed E-state index contributed by atoms with van der Waals surface area (Å²) in [5.41, 5.74) is 6.09. The van der Waals surface area contributed by atoms with Crippen molar-refractivity contribution >= 4 is 50.0 Å². The Morgan fingerprint density at radius 2 is 1.82 bits per heavy atom. The summed E-state index contributed by atoms with van der Waals surface area (Å²) in [5.74, 6) is -2.46. The Balaban J connectivity index is 1.47. The van der Waals surface area contributed by atoms with Crippen molar-refractivity contribution in [2.24, 2.45) is 5.73 Å². The van der Waals surface area contributed by atoms with Gasteiger partial charge >= 0.3 is 0 Å². The van der Waals surface area contributed by atoms with Crippen LogP contribution in [0, 0.1) is 5.41 Å². The maximum Gasteiger partial charge on any atom is 0.299 e. The molecule has 2 heterocycles. The quantitative estimate of drug-likeness (QED) is 0.215. The van der Waals surface area contributed by atoms with E-state index in [1.807, 2.05) is 12.1 Å². The number of para-hydroxylation sites is 1. The predicted octanol–water partition coefficient (Wildman–Crippen LogP) is 0.726. The molecule has 4 N–H and O–H groups in total. The number of hydrogen-bond acceptors (Lipinski definition) is 7. The lowest BCUT2D eigenvalue weighted by Crippen LogP contribution is -2.59. The van der Waals surface area contributed by atoms with Gasteiger partial charge in [0, 0.05) is 13.6 Å². The van der Waals surface area contributed by atoms with Crippen LogP contribution in [0.4, 0.5) is 5.69 Å². The second-order valence-corrected chi connectivity index (χ2v) is 11.3. The van der Waals surface area contributed by atoms with Crippen molar-refractivity contribution in [1.82, 2.24) is 14.5 Å². The fourth-order valence-electron chi connectivity index (χ4n) is 4.84. The number of likely N-dealkylation sites (N-methyl/N-ethyl adjacent to an activating group) is 1. The molecule has 40 heavy (non-hydrogen) atoms. The van der Waals surface area contributed by atoms with Crippen molar-refractivity contribution < 1.29 is 27.5 Å². The first-order chi connectivity index (χ1) is 19.1. The van der Waals surface area contributed by atoms with Gasteiger partial charge in [0.1, 0.15) is 12.3 Å². The summed E-state index contributed by atoms with van der Waals surface area (Å²) in [6.07, 6.45) is -0.832. The van der Waals surface area contributed by atoms with Crippen molar-refractivity contribution in [2.45, 2.75) is 17.2 Å². The Kier molecular flexibility index (Phi) is 7.27. The maximum absolute atomic E-state index is 13.8. The zero-order valence-electron chi connectivity index (χ0n) is 21.6. The summed E-state index contributed by atoms with van der Waals surface area (Å²) in [6, 6.07) is 16.7. The van der Waals surface area contributed by atoms with E-state index in [1.54, 1.807) is 36.4 Å². The number of carbonyl (C=O) groups is 3. The SMILES string of the molecule is CN(C(=O)C(CN1C(=O)C(=O)c2ccccc21)NS(=O)(=O)c1ccc2ccccc2c1)C1CN(C(=N)N)CCO1. The Morgan fingerprint density at radius 1 is 1.12 bits per heavy atom. The number of carbonyl (C=O) groups excluding carboxylic acids is 3. The molecule has 1 saturated heterocycles. The fraction of sp³-hybridized carbons (Fsp3) is 0.259. The molecular weight excluding hydrogens is 536 g/mol. The van der Waals surface area contributed by atoms with Gasteiger partial charge in [-0.05, 0) is 35.0 Å². The molecule has 0 aromatic heterocycles. The van der Waals surface area contributed by atoms with Crippen molar-refractivity contribution in [1.29, 1.82) is 5.41 Å². The third kappa shape index (κ3) is 5.13. The van der Waals surface area contributed by atoms with E-state index in [0.29, 0.717) is 17.6 Å². The van der Waals surface area contributed by atoms with Crippen molar-refractivity contribution in [3.05, 3.63) is 72.3 Å². The van der Waals surface area contributed by atoms with Gasteiger partial charge in [0.25, 0.3) is 11.7 Å². The van der Waals surface area contributed by atoms with Gasteiger partial charge in [-0.25, -0.2) is 8.42 Å². The lowest BCUT2D eigenvalue weighted by Gasteiger charge is -2.39. The largest absolute Gasteiger partial charge is 0.370 e. The van der Waals surface area contributed by atoms with Gasteiger partial charge in [0.05, 0.1) is 35.8 Å². The molecule has 2 atom stereocenters. The molecular formula is C27H28N6O6S. The molecule has 3 aromatic rings. The highest BCUT2D eigenvalue weighted by Crippen LogP contribution is 2.29. The number of sulfonamides is 1. The first-order valence-corrected chi connectivity index (χ1v) is 14.0. The number of anilines is 1. The Bertz CT molecular complexity index is 1630. The van der Waals surface area contributed by atoms with Crippen molar-refractivity contribution in [3.63, 3.8) is 0 Å². The molecule has 208 valence electrons. The monoisotopic (exact) mass is 564 g/mol. The zero-order valence-corrected chi connectivity index (χ0v) is 22.4. The van der Waals surface area contributed by atoms with Crippen LogP contribution in [0.5, 0.6) is 0 Å². The van der Waals surface area contributed by atoms with E-state index >= 15 is 0 Å². The topological polar surface area (TPSA) is 166 Å². The molecule has 0 radical (unpaired) electrons. The van der Waals surface area contributed by atoms with Crippen LogP contribution < -0.4 is 15.4 Å². The van der Waals surface area contributed by atoms with Crippen LogP contribution >= 0.6 is 0 Å². The first kappa shape index (κ1) is 27.2. The van der Waals surface area contributed by atoms with E-state index in [2.05, 4.69) is 4.72 Å². The zero-order chi connectivity index (χ0) is 28.6. The van der Waals surface area contributed by atoms with E-state index < -0.39 is 46.4 Å². The maximum atomic E-state index is 13.8. The minimum Gasteiger partial charge on any atom is -0.370 e. The number of amides is 2. The number of benzene rings is 3. The number of nitrogens with two attached hydrogens (primary N) is 1. The minimum absolute atomic E-state index is 0.0625. The molecule has 1 fully saturated rings.